The Bertz CT molecular complexity index is 1000. The highest BCUT2D eigenvalue weighted by Gasteiger charge is 2.35. The number of carbonyl (C=O) groups excluding carboxylic acids is 1. The van der Waals surface area contributed by atoms with Crippen LogP contribution in [0.4, 0.5) is 5.69 Å². The quantitative estimate of drug-likeness (QED) is 0.591. The van der Waals surface area contributed by atoms with Crippen molar-refractivity contribution in [3.8, 4) is 22.9 Å². The summed E-state index contributed by atoms with van der Waals surface area (Å²) in [4.78, 5) is 18.8. The Labute approximate surface area is 170 Å². The van der Waals surface area contributed by atoms with Crippen molar-refractivity contribution in [2.45, 2.75) is 12.3 Å². The maximum Gasteiger partial charge on any atom is 0.232 e. The molecular weight excluding hydrogens is 426 g/mol. The second kappa shape index (κ2) is 7.63. The maximum absolute atomic E-state index is 12.6. The molecule has 7 nitrogen and oxygen atoms in total. The number of aromatic nitrogens is 2. The van der Waals surface area contributed by atoms with Crippen molar-refractivity contribution < 1.29 is 18.8 Å². The Hall–Kier alpha value is -2.87. The fraction of sp³-hybridized carbons (Fsp3) is 0.250. The van der Waals surface area contributed by atoms with Gasteiger partial charge in [0.15, 0.2) is 11.5 Å². The minimum Gasteiger partial charge on any atom is -0.493 e. The molecule has 28 heavy (non-hydrogen) atoms. The first-order valence-electron chi connectivity index (χ1n) is 8.71. The van der Waals surface area contributed by atoms with Crippen LogP contribution >= 0.6 is 15.9 Å². The molecule has 0 bridgehead atoms. The van der Waals surface area contributed by atoms with Gasteiger partial charge in [0.2, 0.25) is 17.6 Å². The van der Waals surface area contributed by atoms with Gasteiger partial charge in [0.1, 0.15) is 0 Å². The molecule has 1 aliphatic rings. The van der Waals surface area contributed by atoms with Crippen molar-refractivity contribution in [2.75, 3.05) is 25.7 Å². The molecule has 0 N–H and O–H groups in total. The largest absolute Gasteiger partial charge is 0.493 e. The van der Waals surface area contributed by atoms with E-state index in [4.69, 9.17) is 14.0 Å². The van der Waals surface area contributed by atoms with Crippen LogP contribution < -0.4 is 14.4 Å². The van der Waals surface area contributed by atoms with Crippen molar-refractivity contribution in [1.29, 1.82) is 0 Å². The van der Waals surface area contributed by atoms with E-state index in [1.165, 1.54) is 0 Å². The molecule has 2 aromatic carbocycles. The lowest BCUT2D eigenvalue weighted by Gasteiger charge is -2.18. The van der Waals surface area contributed by atoms with Gasteiger partial charge in [-0.05, 0) is 36.4 Å². The van der Waals surface area contributed by atoms with Gasteiger partial charge >= 0.3 is 0 Å². The Balaban J connectivity index is 1.55. The first kappa shape index (κ1) is 18.5. The second-order valence-corrected chi connectivity index (χ2v) is 7.32. The molecule has 0 spiro atoms. The van der Waals surface area contributed by atoms with E-state index in [0.717, 1.165) is 15.7 Å². The Morgan fingerprint density at radius 3 is 2.57 bits per heavy atom. The number of anilines is 1. The highest BCUT2D eigenvalue weighted by molar-refractivity contribution is 9.10. The number of amides is 1. The molecule has 1 aliphatic heterocycles. The van der Waals surface area contributed by atoms with Crippen LogP contribution in [0.2, 0.25) is 0 Å². The van der Waals surface area contributed by atoms with Crippen LogP contribution in [0.15, 0.2) is 51.5 Å². The summed E-state index contributed by atoms with van der Waals surface area (Å²) >= 11 is 3.41. The van der Waals surface area contributed by atoms with Gasteiger partial charge in [0, 0.05) is 34.8 Å². The molecule has 2 heterocycles. The van der Waals surface area contributed by atoms with Gasteiger partial charge in [0.25, 0.3) is 0 Å². The molecule has 0 saturated carbocycles. The van der Waals surface area contributed by atoms with E-state index < -0.39 is 0 Å². The summed E-state index contributed by atoms with van der Waals surface area (Å²) in [5.41, 5.74) is 1.61. The average Bonchev–Trinajstić information content (AvgIpc) is 3.35. The molecule has 3 aromatic rings. The zero-order chi connectivity index (χ0) is 19.7. The first-order valence-corrected chi connectivity index (χ1v) is 9.50. The topological polar surface area (TPSA) is 77.7 Å². The predicted molar refractivity (Wildman–Crippen MR) is 107 cm³/mol. The van der Waals surface area contributed by atoms with E-state index >= 15 is 0 Å². The molecule has 144 valence electrons. The van der Waals surface area contributed by atoms with E-state index in [9.17, 15) is 4.79 Å². The third kappa shape index (κ3) is 3.47. The molecule has 1 fully saturated rings. The van der Waals surface area contributed by atoms with Crippen LogP contribution in [-0.4, -0.2) is 36.8 Å². The molecule has 8 heteroatoms. The molecule has 1 saturated heterocycles. The molecule has 1 aromatic heterocycles. The van der Waals surface area contributed by atoms with Gasteiger partial charge in [0.05, 0.1) is 20.1 Å². The summed E-state index contributed by atoms with van der Waals surface area (Å²) in [7, 11) is 3.14. The Morgan fingerprint density at radius 2 is 1.86 bits per heavy atom. The summed E-state index contributed by atoms with van der Waals surface area (Å²) in [6.07, 6.45) is 0.316. The van der Waals surface area contributed by atoms with E-state index in [2.05, 4.69) is 26.1 Å². The fourth-order valence-corrected chi connectivity index (χ4v) is 3.50. The number of halogens is 1. The molecule has 0 aliphatic carbocycles. The summed E-state index contributed by atoms with van der Waals surface area (Å²) in [5.74, 6) is 2.02. The van der Waals surface area contributed by atoms with E-state index in [-0.39, 0.29) is 11.8 Å². The van der Waals surface area contributed by atoms with Crippen LogP contribution in [0.3, 0.4) is 0 Å². The van der Waals surface area contributed by atoms with Gasteiger partial charge < -0.3 is 18.9 Å². The third-order valence-electron chi connectivity index (χ3n) is 4.70. The summed E-state index contributed by atoms with van der Waals surface area (Å²) in [5, 5.41) is 4.07. The zero-order valence-electron chi connectivity index (χ0n) is 15.4. The Morgan fingerprint density at radius 1 is 1.11 bits per heavy atom. The number of carbonyl (C=O) groups is 1. The number of hydrogen-bond donors (Lipinski definition) is 0. The Kier molecular flexibility index (Phi) is 5.04. The fourth-order valence-electron chi connectivity index (χ4n) is 3.23. The second-order valence-electron chi connectivity index (χ2n) is 6.41. The lowest BCUT2D eigenvalue weighted by Crippen LogP contribution is -2.24. The lowest BCUT2D eigenvalue weighted by atomic mass is 10.1. The summed E-state index contributed by atoms with van der Waals surface area (Å²) in [6, 6.07) is 13.1. The van der Waals surface area contributed by atoms with Crippen LogP contribution in [0.5, 0.6) is 11.5 Å². The minimum atomic E-state index is -0.155. The average molecular weight is 444 g/mol. The standard InChI is InChI=1S/C20H18BrN3O4/c1-26-16-8-7-15(10-17(16)27-2)24-11-13(9-18(24)25)20-22-19(23-28-20)12-3-5-14(21)6-4-12/h3-8,10,13H,9,11H2,1-2H3/t13-/m1/s1. The smallest absolute Gasteiger partial charge is 0.232 e. The van der Waals surface area contributed by atoms with Crippen molar-refractivity contribution >= 4 is 27.5 Å². The van der Waals surface area contributed by atoms with Crippen LogP contribution in [-0.2, 0) is 4.79 Å². The highest BCUT2D eigenvalue weighted by atomic mass is 79.9. The molecule has 0 radical (unpaired) electrons. The monoisotopic (exact) mass is 443 g/mol. The maximum atomic E-state index is 12.6. The SMILES string of the molecule is COc1ccc(N2C[C@H](c3nc(-c4ccc(Br)cc4)no3)CC2=O)cc1OC. The molecule has 4 rings (SSSR count). The van der Waals surface area contributed by atoms with Crippen molar-refractivity contribution in [3.63, 3.8) is 0 Å². The first-order chi connectivity index (χ1) is 13.6. The van der Waals surface area contributed by atoms with Gasteiger partial charge in [-0.1, -0.05) is 21.1 Å². The summed E-state index contributed by atoms with van der Waals surface area (Å²) in [6.45, 7) is 0.469. The third-order valence-corrected chi connectivity index (χ3v) is 5.23. The van der Waals surface area contributed by atoms with E-state index in [0.29, 0.717) is 36.2 Å². The number of hydrogen-bond acceptors (Lipinski definition) is 6. The summed E-state index contributed by atoms with van der Waals surface area (Å²) < 4.78 is 17.0. The van der Waals surface area contributed by atoms with Gasteiger partial charge in [-0.2, -0.15) is 4.98 Å². The van der Waals surface area contributed by atoms with Crippen LogP contribution in [0.25, 0.3) is 11.4 Å². The predicted octanol–water partition coefficient (Wildman–Crippen LogP) is 4.04. The van der Waals surface area contributed by atoms with Gasteiger partial charge in [-0.3, -0.25) is 4.79 Å². The van der Waals surface area contributed by atoms with Crippen molar-refractivity contribution in [3.05, 3.63) is 52.8 Å². The number of benzene rings is 2. The van der Waals surface area contributed by atoms with Gasteiger partial charge in [-0.15, -0.1) is 0 Å². The number of rotatable bonds is 5. The van der Waals surface area contributed by atoms with Crippen LogP contribution in [0, 0.1) is 0 Å². The molecule has 1 amide bonds. The lowest BCUT2D eigenvalue weighted by molar-refractivity contribution is -0.117. The normalized spacial score (nSPS) is 16.5. The van der Waals surface area contributed by atoms with Crippen LogP contribution in [0.1, 0.15) is 18.2 Å². The minimum absolute atomic E-state index is 0.000566. The number of methoxy groups -OCH3 is 2. The van der Waals surface area contributed by atoms with E-state index in [1.807, 2.05) is 30.3 Å². The molecular formula is C20H18BrN3O4. The number of ether oxygens (including phenoxy) is 2. The zero-order valence-corrected chi connectivity index (χ0v) is 17.0. The van der Waals surface area contributed by atoms with Gasteiger partial charge in [-0.25, -0.2) is 0 Å². The molecule has 1 atom stereocenters. The van der Waals surface area contributed by atoms with E-state index in [1.54, 1.807) is 31.3 Å². The molecule has 0 unspecified atom stereocenters. The highest BCUT2D eigenvalue weighted by Crippen LogP contribution is 2.36. The van der Waals surface area contributed by atoms with Crippen molar-refractivity contribution in [2.24, 2.45) is 0 Å². The number of nitrogens with zero attached hydrogens (tertiary/aromatic N) is 3. The van der Waals surface area contributed by atoms with Crippen molar-refractivity contribution in [1.82, 2.24) is 10.1 Å².